The summed E-state index contributed by atoms with van der Waals surface area (Å²) in [7, 11) is 0. The predicted molar refractivity (Wildman–Crippen MR) is 58.3 cm³/mol. The molecule has 0 aliphatic rings. The number of oxime groups is 2. The number of fused-ring (bicyclic) bond motifs is 1. The van der Waals surface area contributed by atoms with Gasteiger partial charge in [0.05, 0.1) is 23.8 Å². The van der Waals surface area contributed by atoms with Crippen LogP contribution in [-0.2, 0) is 0 Å². The van der Waals surface area contributed by atoms with Gasteiger partial charge in [0, 0.05) is 5.39 Å². The molecule has 0 radical (unpaired) electrons. The Labute approximate surface area is 90.6 Å². The molecule has 80 valence electrons. The Hall–Kier alpha value is -2.50. The maximum absolute atomic E-state index is 8.39. The highest BCUT2D eigenvalue weighted by atomic mass is 16.4. The average Bonchev–Trinajstić information content (AvgIpc) is 2.29. The van der Waals surface area contributed by atoms with Crippen LogP contribution in [0.25, 0.3) is 11.0 Å². The summed E-state index contributed by atoms with van der Waals surface area (Å²) in [5, 5.41) is 23.4. The summed E-state index contributed by atoms with van der Waals surface area (Å²) in [6, 6.07) is 7.05. The van der Waals surface area contributed by atoms with Gasteiger partial charge in [0.2, 0.25) is 0 Å². The fourth-order valence-electron chi connectivity index (χ4n) is 1.29. The highest BCUT2D eigenvalue weighted by Gasteiger charge is 1.99. The molecule has 0 spiro atoms. The van der Waals surface area contributed by atoms with E-state index in [9.17, 15) is 0 Å². The van der Waals surface area contributed by atoms with Gasteiger partial charge >= 0.3 is 0 Å². The molecule has 0 aromatic carbocycles. The van der Waals surface area contributed by atoms with Gasteiger partial charge < -0.3 is 10.4 Å². The lowest BCUT2D eigenvalue weighted by atomic mass is 10.2. The summed E-state index contributed by atoms with van der Waals surface area (Å²) in [5.74, 6) is 0. The number of rotatable bonds is 2. The molecule has 6 nitrogen and oxygen atoms in total. The molecular weight excluding hydrogens is 208 g/mol. The molecule has 0 unspecified atom stereocenters. The molecule has 2 aromatic rings. The Bertz CT molecular complexity index is 519. The van der Waals surface area contributed by atoms with Crippen LogP contribution in [-0.4, -0.2) is 32.8 Å². The second-order valence-corrected chi connectivity index (χ2v) is 3.01. The largest absolute Gasteiger partial charge is 0.411 e. The van der Waals surface area contributed by atoms with Gasteiger partial charge in [-0.3, -0.25) is 0 Å². The number of hydrogen-bond donors (Lipinski definition) is 2. The quantitative estimate of drug-likeness (QED) is 0.449. The lowest BCUT2D eigenvalue weighted by molar-refractivity contribution is 0.321. The standard InChI is InChI=1S/C10H8N4O2/c15-11-5-8-3-1-7-2-4-9(6-12-16)14-10(7)13-8/h1-6,15-16H. The number of nitrogens with zero attached hydrogens (tertiary/aromatic N) is 4. The lowest BCUT2D eigenvalue weighted by Gasteiger charge is -1.98. The molecule has 0 atom stereocenters. The lowest BCUT2D eigenvalue weighted by Crippen LogP contribution is -1.94. The number of pyridine rings is 2. The fourth-order valence-corrected chi connectivity index (χ4v) is 1.29. The van der Waals surface area contributed by atoms with E-state index in [0.29, 0.717) is 17.0 Å². The summed E-state index contributed by atoms with van der Waals surface area (Å²) < 4.78 is 0. The molecule has 0 aliphatic heterocycles. The van der Waals surface area contributed by atoms with E-state index in [1.54, 1.807) is 12.1 Å². The van der Waals surface area contributed by atoms with E-state index in [1.807, 2.05) is 12.1 Å². The summed E-state index contributed by atoms with van der Waals surface area (Å²) in [5.41, 5.74) is 1.50. The third-order valence-electron chi connectivity index (χ3n) is 1.98. The van der Waals surface area contributed by atoms with Crippen LogP contribution in [0.15, 0.2) is 34.6 Å². The monoisotopic (exact) mass is 216 g/mol. The Morgan fingerprint density at radius 1 is 0.875 bits per heavy atom. The molecule has 2 N–H and O–H groups in total. The highest BCUT2D eigenvalue weighted by Crippen LogP contribution is 2.09. The second kappa shape index (κ2) is 4.35. The molecule has 0 saturated carbocycles. The van der Waals surface area contributed by atoms with Crippen molar-refractivity contribution in [2.24, 2.45) is 10.3 Å². The van der Waals surface area contributed by atoms with Crippen molar-refractivity contribution >= 4 is 23.5 Å². The van der Waals surface area contributed by atoms with E-state index in [4.69, 9.17) is 10.4 Å². The van der Waals surface area contributed by atoms with Crippen LogP contribution in [0.3, 0.4) is 0 Å². The van der Waals surface area contributed by atoms with Gasteiger partial charge in [0.1, 0.15) is 0 Å². The van der Waals surface area contributed by atoms with Gasteiger partial charge in [-0.25, -0.2) is 9.97 Å². The smallest absolute Gasteiger partial charge is 0.160 e. The Morgan fingerprint density at radius 2 is 1.38 bits per heavy atom. The van der Waals surface area contributed by atoms with Gasteiger partial charge in [-0.15, -0.1) is 0 Å². The van der Waals surface area contributed by atoms with E-state index in [-0.39, 0.29) is 0 Å². The Kier molecular flexibility index (Phi) is 2.73. The maximum Gasteiger partial charge on any atom is 0.160 e. The normalized spacial score (nSPS) is 11.8. The zero-order valence-corrected chi connectivity index (χ0v) is 8.15. The number of aromatic nitrogens is 2. The van der Waals surface area contributed by atoms with Crippen LogP contribution < -0.4 is 0 Å². The van der Waals surface area contributed by atoms with Crippen molar-refractivity contribution in [3.05, 3.63) is 35.7 Å². The van der Waals surface area contributed by atoms with Crippen LogP contribution in [0.5, 0.6) is 0 Å². The fraction of sp³-hybridized carbons (Fsp3) is 0. The molecule has 16 heavy (non-hydrogen) atoms. The summed E-state index contributed by atoms with van der Waals surface area (Å²) in [6.45, 7) is 0. The molecule has 2 heterocycles. The topological polar surface area (TPSA) is 91.0 Å². The van der Waals surface area contributed by atoms with Crippen molar-refractivity contribution in [1.29, 1.82) is 0 Å². The van der Waals surface area contributed by atoms with Crippen LogP contribution in [0.4, 0.5) is 0 Å². The molecule has 0 fully saturated rings. The summed E-state index contributed by atoms with van der Waals surface area (Å²) >= 11 is 0. The van der Waals surface area contributed by atoms with Crippen molar-refractivity contribution in [3.63, 3.8) is 0 Å². The van der Waals surface area contributed by atoms with E-state index in [0.717, 1.165) is 5.39 Å². The van der Waals surface area contributed by atoms with Crippen molar-refractivity contribution < 1.29 is 10.4 Å². The molecule has 0 bridgehead atoms. The van der Waals surface area contributed by atoms with Crippen molar-refractivity contribution in [1.82, 2.24) is 9.97 Å². The van der Waals surface area contributed by atoms with Crippen LogP contribution in [0.1, 0.15) is 11.4 Å². The highest BCUT2D eigenvalue weighted by molar-refractivity contribution is 5.85. The van der Waals surface area contributed by atoms with Gasteiger partial charge in [-0.05, 0) is 24.3 Å². The molecule has 0 saturated heterocycles. The SMILES string of the molecule is ON=Cc1ccc2ccc(C=NO)nc2n1. The first kappa shape index (κ1) is 10.0. The first-order chi connectivity index (χ1) is 7.83. The van der Waals surface area contributed by atoms with Crippen LogP contribution in [0.2, 0.25) is 0 Å². The van der Waals surface area contributed by atoms with E-state index < -0.39 is 0 Å². The van der Waals surface area contributed by atoms with Crippen LogP contribution in [0, 0.1) is 0 Å². The summed E-state index contributed by atoms with van der Waals surface area (Å²) in [6.07, 6.45) is 2.43. The van der Waals surface area contributed by atoms with Gasteiger partial charge in [-0.1, -0.05) is 10.3 Å². The second-order valence-electron chi connectivity index (χ2n) is 3.01. The molecule has 2 rings (SSSR count). The third-order valence-corrected chi connectivity index (χ3v) is 1.98. The Morgan fingerprint density at radius 3 is 1.81 bits per heavy atom. The van der Waals surface area contributed by atoms with Gasteiger partial charge in [0.25, 0.3) is 0 Å². The third kappa shape index (κ3) is 1.95. The van der Waals surface area contributed by atoms with Crippen molar-refractivity contribution in [2.75, 3.05) is 0 Å². The zero-order chi connectivity index (χ0) is 11.4. The van der Waals surface area contributed by atoms with Crippen LogP contribution >= 0.6 is 0 Å². The Balaban J connectivity index is 2.56. The minimum absolute atomic E-state index is 0.495. The number of hydrogen-bond acceptors (Lipinski definition) is 6. The predicted octanol–water partition coefficient (Wildman–Crippen LogP) is 1.25. The molecule has 0 amide bonds. The molecular formula is C10H8N4O2. The van der Waals surface area contributed by atoms with E-state index >= 15 is 0 Å². The van der Waals surface area contributed by atoms with E-state index in [1.165, 1.54) is 12.4 Å². The average molecular weight is 216 g/mol. The van der Waals surface area contributed by atoms with Gasteiger partial charge in [-0.2, -0.15) is 0 Å². The van der Waals surface area contributed by atoms with Crippen molar-refractivity contribution in [3.8, 4) is 0 Å². The summed E-state index contributed by atoms with van der Waals surface area (Å²) in [4.78, 5) is 8.29. The maximum atomic E-state index is 8.39. The molecule has 6 heteroatoms. The zero-order valence-electron chi connectivity index (χ0n) is 8.15. The van der Waals surface area contributed by atoms with Gasteiger partial charge in [0.15, 0.2) is 5.65 Å². The van der Waals surface area contributed by atoms with E-state index in [2.05, 4.69) is 20.3 Å². The minimum atomic E-state index is 0.495. The minimum Gasteiger partial charge on any atom is -0.411 e. The first-order valence-corrected chi connectivity index (χ1v) is 4.46. The molecule has 0 aliphatic carbocycles. The first-order valence-electron chi connectivity index (χ1n) is 4.46. The van der Waals surface area contributed by atoms with Crippen molar-refractivity contribution in [2.45, 2.75) is 0 Å². The molecule has 2 aromatic heterocycles.